The maximum absolute atomic E-state index is 7.11. The van der Waals surface area contributed by atoms with Crippen molar-refractivity contribution < 1.29 is 0 Å². The van der Waals surface area contributed by atoms with Gasteiger partial charge in [0.15, 0.2) is 11.6 Å². The van der Waals surface area contributed by atoms with Gasteiger partial charge in [0.25, 0.3) is 0 Å². The van der Waals surface area contributed by atoms with Gasteiger partial charge in [0.2, 0.25) is 5.95 Å². The molecule has 8 rings (SSSR count). The Labute approximate surface area is 235 Å². The SMILES string of the molecule is Clc1c2ccccc2cc2c1c1ccccc1n2-c1nc(-c2ccccc2)nc(-c2cccc3ccccc23)n1. The molecule has 0 spiro atoms. The normalized spacial score (nSPS) is 11.6. The molecular formula is C35H21ClN4. The minimum absolute atomic E-state index is 0.550. The first kappa shape index (κ1) is 22.9. The molecule has 8 aromatic rings. The Balaban J connectivity index is 1.50. The summed E-state index contributed by atoms with van der Waals surface area (Å²) >= 11 is 7.11. The van der Waals surface area contributed by atoms with E-state index in [0.29, 0.717) is 17.6 Å². The van der Waals surface area contributed by atoms with E-state index in [0.717, 1.165) is 59.5 Å². The minimum Gasteiger partial charge on any atom is -0.278 e. The van der Waals surface area contributed by atoms with E-state index in [1.54, 1.807) is 0 Å². The predicted octanol–water partition coefficient (Wildman–Crippen LogP) is 9.26. The fourth-order valence-electron chi connectivity index (χ4n) is 5.67. The van der Waals surface area contributed by atoms with E-state index in [2.05, 4.69) is 65.2 Å². The second-order valence-corrected chi connectivity index (χ2v) is 10.2. The largest absolute Gasteiger partial charge is 0.278 e. The summed E-state index contributed by atoms with van der Waals surface area (Å²) in [6, 6.07) is 43.3. The number of hydrogen-bond acceptors (Lipinski definition) is 3. The van der Waals surface area contributed by atoms with Crippen LogP contribution in [-0.2, 0) is 0 Å². The van der Waals surface area contributed by atoms with Crippen molar-refractivity contribution in [2.24, 2.45) is 0 Å². The third-order valence-corrected chi connectivity index (χ3v) is 7.90. The molecular weight excluding hydrogens is 512 g/mol. The Morgan fingerprint density at radius 3 is 2.00 bits per heavy atom. The van der Waals surface area contributed by atoms with Crippen molar-refractivity contribution in [2.75, 3.05) is 0 Å². The maximum Gasteiger partial charge on any atom is 0.238 e. The molecule has 0 amide bonds. The van der Waals surface area contributed by atoms with E-state index in [9.17, 15) is 0 Å². The lowest BCUT2D eigenvalue weighted by Crippen LogP contribution is -2.06. The maximum atomic E-state index is 7.11. The molecule has 0 atom stereocenters. The molecule has 40 heavy (non-hydrogen) atoms. The minimum atomic E-state index is 0.550. The highest BCUT2D eigenvalue weighted by molar-refractivity contribution is 6.43. The van der Waals surface area contributed by atoms with Crippen molar-refractivity contribution in [1.82, 2.24) is 19.5 Å². The number of benzene rings is 6. The number of nitrogens with zero attached hydrogens (tertiary/aromatic N) is 4. The molecule has 0 N–H and O–H groups in total. The van der Waals surface area contributed by atoms with Gasteiger partial charge in [0.1, 0.15) is 0 Å². The molecule has 0 unspecified atom stereocenters. The predicted molar refractivity (Wildman–Crippen MR) is 165 cm³/mol. The summed E-state index contributed by atoms with van der Waals surface area (Å²) in [4.78, 5) is 15.2. The standard InChI is InChI=1S/C35H21ClN4/c36-32-26-17-7-5-14-24(26)21-30-31(32)28-18-8-9-20-29(28)40(30)35-38-33(23-12-2-1-3-13-23)37-34(39-35)27-19-10-15-22-11-4-6-16-25(22)27/h1-21H. The molecule has 0 fully saturated rings. The molecule has 0 bridgehead atoms. The topological polar surface area (TPSA) is 43.6 Å². The van der Waals surface area contributed by atoms with Gasteiger partial charge in [-0.15, -0.1) is 0 Å². The molecule has 4 nitrogen and oxygen atoms in total. The van der Waals surface area contributed by atoms with Gasteiger partial charge in [0, 0.05) is 27.3 Å². The lowest BCUT2D eigenvalue weighted by molar-refractivity contribution is 0.954. The van der Waals surface area contributed by atoms with E-state index in [1.807, 2.05) is 66.7 Å². The van der Waals surface area contributed by atoms with Crippen LogP contribution in [0, 0.1) is 0 Å². The molecule has 0 aliphatic carbocycles. The van der Waals surface area contributed by atoms with Crippen LogP contribution in [0.3, 0.4) is 0 Å². The number of para-hydroxylation sites is 1. The first-order valence-electron chi connectivity index (χ1n) is 13.2. The van der Waals surface area contributed by atoms with Crippen molar-refractivity contribution in [3.05, 3.63) is 132 Å². The first-order chi connectivity index (χ1) is 19.8. The fraction of sp³-hybridized carbons (Fsp3) is 0. The Bertz CT molecular complexity index is 2230. The van der Waals surface area contributed by atoms with Crippen molar-refractivity contribution >= 4 is 55.0 Å². The highest BCUT2D eigenvalue weighted by Crippen LogP contribution is 2.40. The molecule has 188 valence electrons. The zero-order chi connectivity index (χ0) is 26.6. The van der Waals surface area contributed by atoms with Crippen LogP contribution in [0.15, 0.2) is 127 Å². The zero-order valence-corrected chi connectivity index (χ0v) is 22.0. The Morgan fingerprint density at radius 2 is 1.15 bits per heavy atom. The monoisotopic (exact) mass is 532 g/mol. The number of aromatic nitrogens is 4. The van der Waals surface area contributed by atoms with Gasteiger partial charge >= 0.3 is 0 Å². The van der Waals surface area contributed by atoms with Gasteiger partial charge < -0.3 is 0 Å². The highest BCUT2D eigenvalue weighted by atomic mass is 35.5. The van der Waals surface area contributed by atoms with Gasteiger partial charge in [-0.25, -0.2) is 4.98 Å². The molecule has 6 aromatic carbocycles. The number of halogens is 1. The summed E-state index contributed by atoms with van der Waals surface area (Å²) in [6.07, 6.45) is 0. The van der Waals surface area contributed by atoms with Crippen molar-refractivity contribution in [3.63, 3.8) is 0 Å². The molecule has 0 saturated carbocycles. The average molecular weight is 533 g/mol. The molecule has 0 aliphatic heterocycles. The van der Waals surface area contributed by atoms with Crippen LogP contribution in [0.1, 0.15) is 0 Å². The summed E-state index contributed by atoms with van der Waals surface area (Å²) in [5, 5.41) is 7.10. The van der Waals surface area contributed by atoms with Gasteiger partial charge in [-0.1, -0.05) is 127 Å². The number of hydrogen-bond donors (Lipinski definition) is 0. The molecule has 2 heterocycles. The van der Waals surface area contributed by atoms with Gasteiger partial charge in [0.05, 0.1) is 16.1 Å². The molecule has 0 aliphatic rings. The molecule has 0 radical (unpaired) electrons. The second-order valence-electron chi connectivity index (χ2n) is 9.83. The Hall–Kier alpha value is -5.06. The zero-order valence-electron chi connectivity index (χ0n) is 21.3. The van der Waals surface area contributed by atoms with E-state index in [1.165, 1.54) is 0 Å². The van der Waals surface area contributed by atoms with Crippen LogP contribution >= 0.6 is 11.6 Å². The first-order valence-corrected chi connectivity index (χ1v) is 13.5. The summed E-state index contributed by atoms with van der Waals surface area (Å²) in [5.41, 5.74) is 3.84. The third kappa shape index (κ3) is 3.50. The summed E-state index contributed by atoms with van der Waals surface area (Å²) < 4.78 is 2.12. The van der Waals surface area contributed by atoms with Crippen LogP contribution in [0.5, 0.6) is 0 Å². The quantitative estimate of drug-likeness (QED) is 0.228. The lowest BCUT2D eigenvalue weighted by atomic mass is 10.0. The summed E-state index contributed by atoms with van der Waals surface area (Å²) in [5.74, 6) is 1.79. The van der Waals surface area contributed by atoms with Crippen LogP contribution in [-0.4, -0.2) is 19.5 Å². The van der Waals surface area contributed by atoms with E-state index >= 15 is 0 Å². The second kappa shape index (κ2) is 9.01. The van der Waals surface area contributed by atoms with Gasteiger partial charge in [-0.05, 0) is 28.3 Å². The molecule has 5 heteroatoms. The van der Waals surface area contributed by atoms with Crippen molar-refractivity contribution in [1.29, 1.82) is 0 Å². The van der Waals surface area contributed by atoms with E-state index in [-0.39, 0.29) is 0 Å². The van der Waals surface area contributed by atoms with E-state index in [4.69, 9.17) is 26.6 Å². The number of fused-ring (bicyclic) bond motifs is 5. The highest BCUT2D eigenvalue weighted by Gasteiger charge is 2.20. The number of rotatable bonds is 3. The molecule has 2 aromatic heterocycles. The van der Waals surface area contributed by atoms with Gasteiger partial charge in [-0.2, -0.15) is 9.97 Å². The summed E-state index contributed by atoms with van der Waals surface area (Å²) in [6.45, 7) is 0. The van der Waals surface area contributed by atoms with Crippen LogP contribution < -0.4 is 0 Å². The van der Waals surface area contributed by atoms with Crippen molar-refractivity contribution in [3.8, 4) is 28.7 Å². The van der Waals surface area contributed by atoms with Crippen molar-refractivity contribution in [2.45, 2.75) is 0 Å². The van der Waals surface area contributed by atoms with Crippen LogP contribution in [0.25, 0.3) is 72.1 Å². The molecule has 0 saturated heterocycles. The smallest absolute Gasteiger partial charge is 0.238 e. The Morgan fingerprint density at radius 1 is 0.500 bits per heavy atom. The van der Waals surface area contributed by atoms with Crippen LogP contribution in [0.2, 0.25) is 5.02 Å². The fourth-order valence-corrected chi connectivity index (χ4v) is 6.04. The third-order valence-electron chi connectivity index (χ3n) is 7.51. The van der Waals surface area contributed by atoms with E-state index < -0.39 is 0 Å². The van der Waals surface area contributed by atoms with Gasteiger partial charge in [-0.3, -0.25) is 4.57 Å². The Kier molecular flexibility index (Phi) is 5.15. The lowest BCUT2D eigenvalue weighted by Gasteiger charge is -2.12. The average Bonchev–Trinajstić information content (AvgIpc) is 3.35. The van der Waals surface area contributed by atoms with Crippen LogP contribution in [0.4, 0.5) is 0 Å². The summed E-state index contributed by atoms with van der Waals surface area (Å²) in [7, 11) is 0.